The second-order valence-corrected chi connectivity index (χ2v) is 12.7. The maximum absolute atomic E-state index is 12.6. The third-order valence-corrected chi connectivity index (χ3v) is 7.40. The van der Waals surface area contributed by atoms with Crippen LogP contribution in [0.25, 0.3) is 0 Å². The average molecular weight is 660 g/mol. The predicted octanol–water partition coefficient (Wildman–Crippen LogP) is 7.35. The summed E-state index contributed by atoms with van der Waals surface area (Å²) >= 11 is 0. The molecule has 0 aromatic carbocycles. The first kappa shape index (κ1) is 44.0. The molecule has 0 aliphatic heterocycles. The highest BCUT2D eigenvalue weighted by atomic mass is 16.6. The van der Waals surface area contributed by atoms with Crippen molar-refractivity contribution >= 4 is 17.9 Å². The molecule has 0 rings (SSSR count). The van der Waals surface area contributed by atoms with E-state index in [1.165, 1.54) is 12.8 Å². The van der Waals surface area contributed by atoms with E-state index >= 15 is 0 Å². The van der Waals surface area contributed by atoms with Crippen molar-refractivity contribution < 1.29 is 38.2 Å². The molecule has 0 radical (unpaired) electrons. The first-order valence-electron chi connectivity index (χ1n) is 17.8. The van der Waals surface area contributed by atoms with Crippen LogP contribution in [0.5, 0.6) is 0 Å². The number of esters is 2. The Morgan fingerprint density at radius 2 is 1.23 bits per heavy atom. The quantitative estimate of drug-likeness (QED) is 0.0344. The van der Waals surface area contributed by atoms with Crippen LogP contribution in [0.15, 0.2) is 60.8 Å². The number of carboxylic acid groups (broad SMARTS) is 1. The molecule has 0 saturated carbocycles. The van der Waals surface area contributed by atoms with Gasteiger partial charge in [0.2, 0.25) is 0 Å². The fraction of sp³-hybridized carbons (Fsp3) is 0.667. The maximum Gasteiger partial charge on any atom is 0.306 e. The van der Waals surface area contributed by atoms with Crippen molar-refractivity contribution in [1.29, 1.82) is 0 Å². The van der Waals surface area contributed by atoms with E-state index < -0.39 is 18.1 Å². The number of likely N-dealkylation sites (N-methyl/N-ethyl adjacent to an activating group) is 1. The number of hydrogen-bond donors (Lipinski definition) is 0. The van der Waals surface area contributed by atoms with Crippen molar-refractivity contribution in [3.8, 4) is 0 Å². The van der Waals surface area contributed by atoms with Crippen LogP contribution >= 0.6 is 0 Å². The zero-order valence-electron chi connectivity index (χ0n) is 30.2. The molecule has 0 N–H and O–H groups in total. The topological polar surface area (TPSA) is 102 Å². The van der Waals surface area contributed by atoms with Gasteiger partial charge in [-0.1, -0.05) is 93.9 Å². The Kier molecular flexibility index (Phi) is 28.4. The number of carbonyl (C=O) groups excluding carboxylic acids is 3. The molecule has 2 unspecified atom stereocenters. The van der Waals surface area contributed by atoms with Crippen LogP contribution in [-0.2, 0) is 28.6 Å². The minimum atomic E-state index is -1.14. The van der Waals surface area contributed by atoms with E-state index in [4.69, 9.17) is 14.2 Å². The van der Waals surface area contributed by atoms with Gasteiger partial charge in [-0.3, -0.25) is 9.59 Å². The van der Waals surface area contributed by atoms with E-state index in [1.807, 2.05) is 6.08 Å². The molecule has 8 nitrogen and oxygen atoms in total. The largest absolute Gasteiger partial charge is 0.544 e. The minimum Gasteiger partial charge on any atom is -0.544 e. The summed E-state index contributed by atoms with van der Waals surface area (Å²) in [5, 5.41) is 11.5. The van der Waals surface area contributed by atoms with E-state index in [1.54, 1.807) is 21.1 Å². The number of rotatable bonds is 30. The van der Waals surface area contributed by atoms with Gasteiger partial charge in [-0.05, 0) is 64.2 Å². The third kappa shape index (κ3) is 28.9. The molecule has 0 aliphatic rings. The smallest absolute Gasteiger partial charge is 0.306 e. The molecule has 0 aromatic rings. The second-order valence-electron chi connectivity index (χ2n) is 12.7. The molecule has 0 spiro atoms. The van der Waals surface area contributed by atoms with Crippen molar-refractivity contribution in [2.75, 3.05) is 41.0 Å². The Morgan fingerprint density at radius 1 is 0.660 bits per heavy atom. The fourth-order valence-corrected chi connectivity index (χ4v) is 4.61. The Hall–Kier alpha value is -2.97. The molecule has 268 valence electrons. The molecule has 0 aromatic heterocycles. The minimum absolute atomic E-state index is 0.0130. The lowest BCUT2D eigenvalue weighted by Crippen LogP contribution is -2.55. The number of ether oxygens (including phenoxy) is 3. The number of carbonyl (C=O) groups is 3. The van der Waals surface area contributed by atoms with Crippen molar-refractivity contribution in [2.45, 2.75) is 129 Å². The number of quaternary nitrogens is 1. The van der Waals surface area contributed by atoms with E-state index in [9.17, 15) is 19.5 Å². The first-order chi connectivity index (χ1) is 22.6. The number of nitrogens with zero attached hydrogens (tertiary/aromatic N) is 1. The number of carboxylic acids is 1. The van der Waals surface area contributed by atoms with Crippen LogP contribution in [0.1, 0.15) is 117 Å². The van der Waals surface area contributed by atoms with Crippen LogP contribution in [-0.4, -0.2) is 75.5 Å². The van der Waals surface area contributed by atoms with Gasteiger partial charge in [-0.15, -0.1) is 0 Å². The number of unbranched alkanes of at least 4 members (excludes halogenated alkanes) is 6. The molecular formula is C39H65NO7. The predicted molar refractivity (Wildman–Crippen MR) is 189 cm³/mol. The molecule has 0 heterocycles. The van der Waals surface area contributed by atoms with Crippen LogP contribution < -0.4 is 5.11 Å². The standard InChI is InChI=1S/C39H65NO7/c1-6-8-10-12-14-15-16-17-18-19-20-21-22-24-26-28-30-38(42)47-35(33-45-32-31-36(39(43)44)40(3,4)5)34-46-37(41)29-27-25-23-13-11-9-7-2/h8,10,14-15,17-18,20-21,23,25,35-36H,6-7,9,11-13,16,19,22,24,26-34H2,1-5H3/b10-8+,15-14+,18-17+,21-20+,25-23+. The van der Waals surface area contributed by atoms with E-state index in [0.717, 1.165) is 57.8 Å². The van der Waals surface area contributed by atoms with Crippen LogP contribution in [0, 0.1) is 0 Å². The lowest BCUT2D eigenvalue weighted by atomic mass is 10.1. The summed E-state index contributed by atoms with van der Waals surface area (Å²) in [5.74, 6) is -1.86. The van der Waals surface area contributed by atoms with Gasteiger partial charge in [0.25, 0.3) is 0 Å². The highest BCUT2D eigenvalue weighted by molar-refractivity contribution is 5.70. The van der Waals surface area contributed by atoms with Gasteiger partial charge in [-0.25, -0.2) is 0 Å². The molecule has 0 saturated heterocycles. The summed E-state index contributed by atoms with van der Waals surface area (Å²) < 4.78 is 16.9. The Morgan fingerprint density at radius 3 is 1.83 bits per heavy atom. The van der Waals surface area contributed by atoms with Crippen LogP contribution in [0.3, 0.4) is 0 Å². The summed E-state index contributed by atoms with van der Waals surface area (Å²) in [5.41, 5.74) is 0. The molecule has 0 amide bonds. The Labute approximate surface area is 286 Å². The highest BCUT2D eigenvalue weighted by Crippen LogP contribution is 2.10. The summed E-state index contributed by atoms with van der Waals surface area (Å²) in [6.45, 7) is 4.36. The number of hydrogen-bond acceptors (Lipinski definition) is 7. The lowest BCUT2D eigenvalue weighted by Gasteiger charge is -2.34. The van der Waals surface area contributed by atoms with Gasteiger partial charge in [-0.2, -0.15) is 0 Å². The van der Waals surface area contributed by atoms with Gasteiger partial charge in [0.1, 0.15) is 12.6 Å². The van der Waals surface area contributed by atoms with Gasteiger partial charge < -0.3 is 28.6 Å². The van der Waals surface area contributed by atoms with Gasteiger partial charge in [0.05, 0.1) is 40.3 Å². The average Bonchev–Trinajstić information content (AvgIpc) is 3.01. The van der Waals surface area contributed by atoms with E-state index in [-0.39, 0.29) is 55.5 Å². The second kappa shape index (κ2) is 30.4. The SMILES string of the molecule is CC/C=C/C/C=C/C/C=C/C/C=C/CCCCCC(=O)OC(COCCC(C(=O)[O-])[N+](C)(C)C)COC(=O)CC/C=C/CCCCC. The van der Waals surface area contributed by atoms with Crippen molar-refractivity contribution in [3.05, 3.63) is 60.8 Å². The molecule has 0 fully saturated rings. The zero-order chi connectivity index (χ0) is 35.0. The molecule has 0 bridgehead atoms. The summed E-state index contributed by atoms with van der Waals surface area (Å²) in [7, 11) is 5.36. The molecule has 8 heteroatoms. The van der Waals surface area contributed by atoms with E-state index in [0.29, 0.717) is 12.8 Å². The zero-order valence-corrected chi connectivity index (χ0v) is 30.2. The highest BCUT2D eigenvalue weighted by Gasteiger charge is 2.25. The monoisotopic (exact) mass is 659 g/mol. The van der Waals surface area contributed by atoms with Crippen LogP contribution in [0.4, 0.5) is 0 Å². The van der Waals surface area contributed by atoms with Crippen LogP contribution in [0.2, 0.25) is 0 Å². The molecule has 47 heavy (non-hydrogen) atoms. The van der Waals surface area contributed by atoms with E-state index in [2.05, 4.69) is 68.5 Å². The molecular weight excluding hydrogens is 594 g/mol. The van der Waals surface area contributed by atoms with Gasteiger partial charge in [0.15, 0.2) is 6.10 Å². The first-order valence-corrected chi connectivity index (χ1v) is 17.8. The Balaban J connectivity index is 4.52. The number of aliphatic carboxylic acids is 1. The van der Waals surface area contributed by atoms with Crippen molar-refractivity contribution in [1.82, 2.24) is 0 Å². The molecule has 0 aliphatic carbocycles. The third-order valence-electron chi connectivity index (χ3n) is 7.40. The summed E-state index contributed by atoms with van der Waals surface area (Å²) in [6, 6.07) is -0.736. The van der Waals surface area contributed by atoms with Crippen molar-refractivity contribution in [3.63, 3.8) is 0 Å². The normalized spacial score (nSPS) is 13.8. The van der Waals surface area contributed by atoms with Crippen molar-refractivity contribution in [2.24, 2.45) is 0 Å². The Bertz CT molecular complexity index is 959. The lowest BCUT2D eigenvalue weighted by molar-refractivity contribution is -0.889. The molecule has 2 atom stereocenters. The maximum atomic E-state index is 12.6. The summed E-state index contributed by atoms with van der Waals surface area (Å²) in [6.07, 6.45) is 34.2. The fourth-order valence-electron chi connectivity index (χ4n) is 4.61. The number of allylic oxidation sites excluding steroid dienone is 10. The van der Waals surface area contributed by atoms with Gasteiger partial charge in [0, 0.05) is 19.3 Å². The summed E-state index contributed by atoms with van der Waals surface area (Å²) in [4.78, 5) is 36.4. The van der Waals surface area contributed by atoms with Gasteiger partial charge >= 0.3 is 11.9 Å².